The highest BCUT2D eigenvalue weighted by atomic mass is 32.2. The maximum Gasteiger partial charge on any atom is 0.259 e. The fraction of sp³-hybridized carbons (Fsp3) is 0.389. The monoisotopic (exact) mass is 416 g/mol. The molecule has 0 fully saturated rings. The molecule has 0 unspecified atom stereocenters. The number of aromatic nitrogens is 5. The molecule has 29 heavy (non-hydrogen) atoms. The third kappa shape index (κ3) is 5.47. The number of anilines is 3. The third-order valence-corrected chi connectivity index (χ3v) is 4.48. The fourth-order valence-electron chi connectivity index (χ4n) is 2.47. The van der Waals surface area contributed by atoms with Gasteiger partial charge in [0.2, 0.25) is 23.0 Å². The van der Waals surface area contributed by atoms with Gasteiger partial charge in [0.05, 0.1) is 12.4 Å². The van der Waals surface area contributed by atoms with E-state index in [1.54, 1.807) is 12.1 Å². The van der Waals surface area contributed by atoms with Crippen LogP contribution in [-0.2, 0) is 4.79 Å². The lowest BCUT2D eigenvalue weighted by Crippen LogP contribution is -2.14. The van der Waals surface area contributed by atoms with Crippen molar-refractivity contribution in [3.63, 3.8) is 0 Å². The first-order valence-electron chi connectivity index (χ1n) is 9.41. The summed E-state index contributed by atoms with van der Waals surface area (Å²) in [5, 5.41) is 13.9. The molecule has 154 valence electrons. The van der Waals surface area contributed by atoms with Gasteiger partial charge < -0.3 is 20.7 Å². The van der Waals surface area contributed by atoms with Gasteiger partial charge in [-0.1, -0.05) is 11.8 Å². The predicted molar refractivity (Wildman–Crippen MR) is 114 cm³/mol. The summed E-state index contributed by atoms with van der Waals surface area (Å²) >= 11 is 1.24. The second kappa shape index (κ2) is 9.92. The molecular weight excluding hydrogens is 392 g/mol. The molecule has 11 heteroatoms. The Balaban J connectivity index is 1.65. The van der Waals surface area contributed by atoms with Crippen LogP contribution in [0.15, 0.2) is 29.4 Å². The largest absolute Gasteiger partial charge is 0.494 e. The van der Waals surface area contributed by atoms with Crippen molar-refractivity contribution in [1.82, 2.24) is 24.6 Å². The number of carbonyl (C=O) groups is 1. The van der Waals surface area contributed by atoms with E-state index in [9.17, 15) is 4.79 Å². The molecule has 3 aromatic rings. The van der Waals surface area contributed by atoms with Gasteiger partial charge in [-0.25, -0.2) is 0 Å². The summed E-state index contributed by atoms with van der Waals surface area (Å²) in [4.78, 5) is 25.4. The van der Waals surface area contributed by atoms with Gasteiger partial charge in [-0.05, 0) is 45.0 Å². The second-order valence-corrected chi connectivity index (χ2v) is 6.77. The summed E-state index contributed by atoms with van der Waals surface area (Å²) in [5.74, 6) is 2.24. The van der Waals surface area contributed by atoms with Crippen LogP contribution in [0.5, 0.6) is 5.75 Å². The summed E-state index contributed by atoms with van der Waals surface area (Å²) < 4.78 is 6.93. The number of hydrogen-bond acceptors (Lipinski definition) is 9. The number of hydrogen-bond donors (Lipinski definition) is 3. The molecule has 3 rings (SSSR count). The summed E-state index contributed by atoms with van der Waals surface area (Å²) in [6.45, 7) is 7.85. The van der Waals surface area contributed by atoms with E-state index in [4.69, 9.17) is 4.74 Å². The minimum atomic E-state index is -0.149. The van der Waals surface area contributed by atoms with Gasteiger partial charge >= 0.3 is 0 Å². The van der Waals surface area contributed by atoms with Gasteiger partial charge in [0.1, 0.15) is 5.75 Å². The van der Waals surface area contributed by atoms with Crippen molar-refractivity contribution in [3.8, 4) is 5.75 Å². The Kier molecular flexibility index (Phi) is 7.06. The molecule has 0 radical (unpaired) electrons. The van der Waals surface area contributed by atoms with E-state index in [0.29, 0.717) is 48.2 Å². The smallest absolute Gasteiger partial charge is 0.259 e. The lowest BCUT2D eigenvalue weighted by atomic mass is 10.3. The number of rotatable bonds is 10. The molecule has 0 atom stereocenters. The van der Waals surface area contributed by atoms with E-state index in [1.807, 2.05) is 32.9 Å². The van der Waals surface area contributed by atoms with Gasteiger partial charge in [0.15, 0.2) is 0 Å². The van der Waals surface area contributed by atoms with Crippen LogP contribution < -0.4 is 20.7 Å². The molecule has 1 amide bonds. The third-order valence-electron chi connectivity index (χ3n) is 3.64. The Bertz CT molecular complexity index is 960. The normalized spacial score (nSPS) is 10.7. The van der Waals surface area contributed by atoms with Gasteiger partial charge in [0.25, 0.3) is 5.78 Å². The van der Waals surface area contributed by atoms with Crippen molar-refractivity contribution in [2.45, 2.75) is 25.9 Å². The van der Waals surface area contributed by atoms with Gasteiger partial charge in [0, 0.05) is 18.8 Å². The Morgan fingerprint density at radius 1 is 1.07 bits per heavy atom. The summed E-state index contributed by atoms with van der Waals surface area (Å²) in [6.07, 6.45) is 0. The Morgan fingerprint density at radius 3 is 2.52 bits per heavy atom. The minimum Gasteiger partial charge on any atom is -0.494 e. The minimum absolute atomic E-state index is 0.149. The van der Waals surface area contributed by atoms with Crippen LogP contribution in [-0.4, -0.2) is 55.9 Å². The molecule has 0 aliphatic rings. The van der Waals surface area contributed by atoms with Crippen LogP contribution in [0.3, 0.4) is 0 Å². The Morgan fingerprint density at radius 2 is 1.83 bits per heavy atom. The van der Waals surface area contributed by atoms with Crippen molar-refractivity contribution in [2.75, 3.05) is 41.4 Å². The number of ether oxygens (including phenoxy) is 1. The van der Waals surface area contributed by atoms with E-state index in [-0.39, 0.29) is 11.7 Å². The second-order valence-electron chi connectivity index (χ2n) is 5.83. The average molecular weight is 417 g/mol. The molecule has 0 saturated carbocycles. The van der Waals surface area contributed by atoms with Gasteiger partial charge in [-0.3, -0.25) is 4.79 Å². The maximum absolute atomic E-state index is 12.2. The standard InChI is InChI=1S/C18H24N8O2S/c1-4-19-15-22-16(20-5-2)26-17(23-15)24-18(25-26)29-11-14(27)21-12-7-9-13(10-8-12)28-6-3/h7-10H,4-6,11H2,1-3H3,(H,21,27)(H2,19,20,22,23,24,25). The molecule has 0 saturated heterocycles. The first-order chi connectivity index (χ1) is 14.1. The SMILES string of the molecule is CCNc1nc(NCC)n2nc(SCC(=O)Nc3ccc(OCC)cc3)nc2n1. The first kappa shape index (κ1) is 20.6. The number of carbonyl (C=O) groups excluding carboxylic acids is 1. The molecule has 0 bridgehead atoms. The molecular formula is C18H24N8O2S. The maximum atomic E-state index is 12.2. The van der Waals surface area contributed by atoms with Crippen LogP contribution in [0.1, 0.15) is 20.8 Å². The zero-order valence-electron chi connectivity index (χ0n) is 16.6. The Hall–Kier alpha value is -3.08. The van der Waals surface area contributed by atoms with Gasteiger partial charge in [-0.15, -0.1) is 5.10 Å². The molecule has 10 nitrogen and oxygen atoms in total. The zero-order valence-corrected chi connectivity index (χ0v) is 17.4. The average Bonchev–Trinajstić information content (AvgIpc) is 3.12. The molecule has 2 aromatic heterocycles. The van der Waals surface area contributed by atoms with E-state index in [2.05, 4.69) is 36.0 Å². The number of thioether (sulfide) groups is 1. The van der Waals surface area contributed by atoms with Gasteiger partial charge in [-0.2, -0.15) is 19.5 Å². The van der Waals surface area contributed by atoms with E-state index >= 15 is 0 Å². The van der Waals surface area contributed by atoms with Crippen LogP contribution >= 0.6 is 11.8 Å². The quantitative estimate of drug-likeness (QED) is 0.428. The number of benzene rings is 1. The van der Waals surface area contributed by atoms with Crippen molar-refractivity contribution in [3.05, 3.63) is 24.3 Å². The fourth-order valence-corrected chi connectivity index (χ4v) is 3.08. The molecule has 0 spiro atoms. The zero-order chi connectivity index (χ0) is 20.6. The van der Waals surface area contributed by atoms with Crippen LogP contribution in [0, 0.1) is 0 Å². The number of nitrogens with zero attached hydrogens (tertiary/aromatic N) is 5. The number of nitrogens with one attached hydrogen (secondary N) is 3. The topological polar surface area (TPSA) is 118 Å². The molecule has 2 heterocycles. The highest BCUT2D eigenvalue weighted by Crippen LogP contribution is 2.19. The summed E-state index contributed by atoms with van der Waals surface area (Å²) in [6, 6.07) is 7.24. The van der Waals surface area contributed by atoms with Crippen molar-refractivity contribution < 1.29 is 9.53 Å². The van der Waals surface area contributed by atoms with Crippen LogP contribution in [0.25, 0.3) is 5.78 Å². The van der Waals surface area contributed by atoms with E-state index in [1.165, 1.54) is 16.3 Å². The molecule has 1 aromatic carbocycles. The van der Waals surface area contributed by atoms with Crippen molar-refractivity contribution in [2.24, 2.45) is 0 Å². The van der Waals surface area contributed by atoms with Crippen molar-refractivity contribution >= 4 is 41.0 Å². The number of fused-ring (bicyclic) bond motifs is 1. The lowest BCUT2D eigenvalue weighted by Gasteiger charge is -2.06. The van der Waals surface area contributed by atoms with Crippen LogP contribution in [0.2, 0.25) is 0 Å². The predicted octanol–water partition coefficient (Wildman–Crippen LogP) is 2.51. The Labute approximate surface area is 172 Å². The highest BCUT2D eigenvalue weighted by Gasteiger charge is 2.14. The highest BCUT2D eigenvalue weighted by molar-refractivity contribution is 7.99. The van der Waals surface area contributed by atoms with E-state index < -0.39 is 0 Å². The number of amides is 1. The van der Waals surface area contributed by atoms with Crippen molar-refractivity contribution in [1.29, 1.82) is 0 Å². The summed E-state index contributed by atoms with van der Waals surface area (Å²) in [5.41, 5.74) is 0.706. The molecule has 3 N–H and O–H groups in total. The lowest BCUT2D eigenvalue weighted by molar-refractivity contribution is -0.113. The molecule has 0 aliphatic carbocycles. The summed E-state index contributed by atoms with van der Waals surface area (Å²) in [7, 11) is 0. The van der Waals surface area contributed by atoms with E-state index in [0.717, 1.165) is 5.75 Å². The molecule has 0 aliphatic heterocycles. The first-order valence-corrected chi connectivity index (χ1v) is 10.4. The van der Waals surface area contributed by atoms with Crippen LogP contribution in [0.4, 0.5) is 17.6 Å².